The summed E-state index contributed by atoms with van der Waals surface area (Å²) in [5.41, 5.74) is 7.29. The third kappa shape index (κ3) is 3.95. The van der Waals surface area contributed by atoms with Crippen molar-refractivity contribution in [2.24, 2.45) is 5.41 Å². The fraction of sp³-hybridized carbons (Fsp3) is 0.500. The van der Waals surface area contributed by atoms with Crippen LogP contribution in [0.5, 0.6) is 0 Å². The molecule has 1 aromatic rings. The number of nitrogen functional groups attached to an aromatic ring is 1. The van der Waals surface area contributed by atoms with Crippen molar-refractivity contribution in [1.82, 2.24) is 0 Å². The van der Waals surface area contributed by atoms with Gasteiger partial charge < -0.3 is 15.7 Å². The number of carboxylic acid groups (broad SMARTS) is 1. The molecule has 0 amide bonds. The van der Waals surface area contributed by atoms with E-state index in [2.05, 4.69) is 20.8 Å². The Hall–Kier alpha value is -1.71. The average Bonchev–Trinajstić information content (AvgIpc) is 2.24. The number of carbonyl (C=O) groups is 1. The molecule has 3 N–H and O–H groups in total. The van der Waals surface area contributed by atoms with Gasteiger partial charge in [0.15, 0.2) is 0 Å². The van der Waals surface area contributed by atoms with Gasteiger partial charge in [0.05, 0.1) is 11.3 Å². The highest BCUT2D eigenvalue weighted by Gasteiger charge is 2.16. The molecule has 4 nitrogen and oxygen atoms in total. The van der Waals surface area contributed by atoms with Gasteiger partial charge in [0.25, 0.3) is 0 Å². The largest absolute Gasteiger partial charge is 0.478 e. The molecule has 0 aliphatic heterocycles. The van der Waals surface area contributed by atoms with Gasteiger partial charge in [0.1, 0.15) is 0 Å². The molecule has 0 atom stereocenters. The summed E-state index contributed by atoms with van der Waals surface area (Å²) in [5, 5.41) is 9.18. The molecule has 100 valence electrons. The van der Waals surface area contributed by atoms with Gasteiger partial charge in [-0.05, 0) is 30.0 Å². The molecule has 0 saturated carbocycles. The lowest BCUT2D eigenvalue weighted by Gasteiger charge is -2.26. The lowest BCUT2D eigenvalue weighted by Crippen LogP contribution is -2.24. The maximum absolute atomic E-state index is 11.2. The first-order valence-electron chi connectivity index (χ1n) is 6.05. The summed E-state index contributed by atoms with van der Waals surface area (Å²) in [6, 6.07) is 5.00. The molecule has 0 radical (unpaired) electrons. The van der Waals surface area contributed by atoms with Crippen molar-refractivity contribution in [3.63, 3.8) is 0 Å². The maximum Gasteiger partial charge on any atom is 0.337 e. The highest BCUT2D eigenvalue weighted by atomic mass is 16.4. The van der Waals surface area contributed by atoms with Gasteiger partial charge in [-0.25, -0.2) is 4.79 Å². The summed E-state index contributed by atoms with van der Waals surface area (Å²) in [7, 11) is 1.91. The van der Waals surface area contributed by atoms with Crippen LogP contribution in [0.4, 0.5) is 11.4 Å². The molecule has 0 aliphatic carbocycles. The van der Waals surface area contributed by atoms with Crippen molar-refractivity contribution in [3.8, 4) is 0 Å². The number of nitrogens with two attached hydrogens (primary N) is 1. The fourth-order valence-corrected chi connectivity index (χ4v) is 1.68. The number of aromatic carboxylic acids is 1. The molecule has 0 bridgehead atoms. The lowest BCUT2D eigenvalue weighted by atomic mass is 9.92. The maximum atomic E-state index is 11.2. The Morgan fingerprint density at radius 2 is 2.00 bits per heavy atom. The molecule has 0 spiro atoms. The van der Waals surface area contributed by atoms with E-state index in [-0.39, 0.29) is 11.0 Å². The topological polar surface area (TPSA) is 66.6 Å². The zero-order chi connectivity index (χ0) is 13.9. The van der Waals surface area contributed by atoms with E-state index in [4.69, 9.17) is 5.73 Å². The minimum Gasteiger partial charge on any atom is -0.478 e. The number of nitrogens with zero attached hydrogens (tertiary/aromatic N) is 1. The Morgan fingerprint density at radius 1 is 1.39 bits per heavy atom. The second-order valence-electron chi connectivity index (χ2n) is 5.81. The highest BCUT2D eigenvalue weighted by molar-refractivity contribution is 5.95. The van der Waals surface area contributed by atoms with E-state index in [0.29, 0.717) is 11.4 Å². The summed E-state index contributed by atoms with van der Waals surface area (Å²) < 4.78 is 0. The zero-order valence-electron chi connectivity index (χ0n) is 11.5. The van der Waals surface area contributed by atoms with Gasteiger partial charge in [-0.1, -0.05) is 20.8 Å². The first kappa shape index (κ1) is 14.4. The molecule has 0 unspecified atom stereocenters. The lowest BCUT2D eigenvalue weighted by molar-refractivity contribution is 0.0697. The van der Waals surface area contributed by atoms with Crippen LogP contribution in [0.3, 0.4) is 0 Å². The Morgan fingerprint density at radius 3 is 2.50 bits per heavy atom. The van der Waals surface area contributed by atoms with Crippen molar-refractivity contribution >= 4 is 17.3 Å². The van der Waals surface area contributed by atoms with Gasteiger partial charge in [-0.3, -0.25) is 0 Å². The van der Waals surface area contributed by atoms with Crippen LogP contribution < -0.4 is 10.6 Å². The number of carboxylic acids is 1. The minimum absolute atomic E-state index is 0.228. The smallest absolute Gasteiger partial charge is 0.337 e. The van der Waals surface area contributed by atoms with E-state index in [9.17, 15) is 9.90 Å². The fourth-order valence-electron chi connectivity index (χ4n) is 1.68. The molecule has 18 heavy (non-hydrogen) atoms. The molecular weight excluding hydrogens is 228 g/mol. The Kier molecular flexibility index (Phi) is 4.22. The first-order chi connectivity index (χ1) is 8.20. The molecule has 0 fully saturated rings. The van der Waals surface area contributed by atoms with E-state index < -0.39 is 5.97 Å². The van der Waals surface area contributed by atoms with Gasteiger partial charge in [-0.2, -0.15) is 0 Å². The van der Waals surface area contributed by atoms with Crippen LogP contribution in [0.25, 0.3) is 0 Å². The van der Waals surface area contributed by atoms with E-state index in [0.717, 1.165) is 13.0 Å². The first-order valence-corrected chi connectivity index (χ1v) is 6.05. The second-order valence-corrected chi connectivity index (χ2v) is 5.81. The predicted molar refractivity (Wildman–Crippen MR) is 75.2 cm³/mol. The van der Waals surface area contributed by atoms with Gasteiger partial charge in [-0.15, -0.1) is 0 Å². The standard InChI is InChI=1S/C14H22N2O2/c1-14(2,3)7-8-16(4)12-6-5-10(15)9-11(12)13(17)18/h5-6,9H,7-8,15H2,1-4H3,(H,17,18). The van der Waals surface area contributed by atoms with Crippen LogP contribution in [-0.4, -0.2) is 24.7 Å². The molecule has 0 heterocycles. The summed E-state index contributed by atoms with van der Waals surface area (Å²) in [5.74, 6) is -0.945. The monoisotopic (exact) mass is 250 g/mol. The second kappa shape index (κ2) is 5.29. The van der Waals surface area contributed by atoms with Crippen LogP contribution >= 0.6 is 0 Å². The van der Waals surface area contributed by atoms with Crippen molar-refractivity contribution in [2.75, 3.05) is 24.2 Å². The summed E-state index contributed by atoms with van der Waals surface area (Å²) >= 11 is 0. The average molecular weight is 250 g/mol. The molecular formula is C14H22N2O2. The zero-order valence-corrected chi connectivity index (χ0v) is 11.5. The van der Waals surface area contributed by atoms with Gasteiger partial charge in [0, 0.05) is 19.3 Å². The SMILES string of the molecule is CN(CCC(C)(C)C)c1ccc(N)cc1C(=O)O. The number of hydrogen-bond acceptors (Lipinski definition) is 3. The van der Waals surface area contributed by atoms with Crippen LogP contribution in [-0.2, 0) is 0 Å². The summed E-state index contributed by atoms with van der Waals surface area (Å²) in [6.07, 6.45) is 0.993. The van der Waals surface area contributed by atoms with Crippen molar-refractivity contribution in [1.29, 1.82) is 0 Å². The van der Waals surface area contributed by atoms with Crippen molar-refractivity contribution in [2.45, 2.75) is 27.2 Å². The summed E-state index contributed by atoms with van der Waals surface area (Å²) in [4.78, 5) is 13.2. The van der Waals surface area contributed by atoms with Crippen LogP contribution in [0, 0.1) is 5.41 Å². The molecule has 1 aromatic carbocycles. The van der Waals surface area contributed by atoms with E-state index in [1.807, 2.05) is 11.9 Å². The number of hydrogen-bond donors (Lipinski definition) is 2. The van der Waals surface area contributed by atoms with Crippen LogP contribution in [0.1, 0.15) is 37.6 Å². The number of rotatable bonds is 4. The van der Waals surface area contributed by atoms with Crippen LogP contribution in [0.2, 0.25) is 0 Å². The Labute approximate surface area is 108 Å². The quantitative estimate of drug-likeness (QED) is 0.806. The Bertz CT molecular complexity index is 436. The minimum atomic E-state index is -0.945. The third-order valence-electron chi connectivity index (χ3n) is 2.86. The molecule has 0 aliphatic rings. The normalized spacial score (nSPS) is 11.3. The molecule has 0 saturated heterocycles. The van der Waals surface area contributed by atoms with Crippen molar-refractivity contribution < 1.29 is 9.90 Å². The number of benzene rings is 1. The highest BCUT2D eigenvalue weighted by Crippen LogP contribution is 2.25. The summed E-state index contributed by atoms with van der Waals surface area (Å²) in [6.45, 7) is 7.32. The van der Waals surface area contributed by atoms with E-state index in [1.54, 1.807) is 12.1 Å². The molecule has 1 rings (SSSR count). The van der Waals surface area contributed by atoms with Crippen LogP contribution in [0.15, 0.2) is 18.2 Å². The predicted octanol–water partition coefficient (Wildman–Crippen LogP) is 2.84. The third-order valence-corrected chi connectivity index (χ3v) is 2.86. The van der Waals surface area contributed by atoms with Crippen molar-refractivity contribution in [3.05, 3.63) is 23.8 Å². The van der Waals surface area contributed by atoms with E-state index in [1.165, 1.54) is 6.07 Å². The number of anilines is 2. The van der Waals surface area contributed by atoms with E-state index >= 15 is 0 Å². The molecule has 0 aromatic heterocycles. The van der Waals surface area contributed by atoms with Gasteiger partial charge in [0.2, 0.25) is 0 Å². The van der Waals surface area contributed by atoms with Gasteiger partial charge >= 0.3 is 5.97 Å². The Balaban J connectivity index is 2.91. The molecule has 4 heteroatoms.